The molecule has 0 radical (unpaired) electrons. The van der Waals surface area contributed by atoms with Crippen LogP contribution in [0.5, 0.6) is 0 Å². The van der Waals surface area contributed by atoms with Crippen molar-refractivity contribution in [3.05, 3.63) is 15.9 Å². The van der Waals surface area contributed by atoms with Gasteiger partial charge in [-0.05, 0) is 29.3 Å². The molecule has 0 bridgehead atoms. The summed E-state index contributed by atoms with van der Waals surface area (Å²) in [5.41, 5.74) is 1.89. The SMILES string of the molecule is CCc1nn(CC)c(CN(CCCl)CC(F)F)c1Br. The summed E-state index contributed by atoms with van der Waals surface area (Å²) in [4.78, 5) is 1.66. The second-order valence-electron chi connectivity index (χ2n) is 4.19. The minimum Gasteiger partial charge on any atom is -0.291 e. The number of halogens is 4. The van der Waals surface area contributed by atoms with Gasteiger partial charge in [-0.15, -0.1) is 11.6 Å². The standard InChI is InChI=1S/C12H19BrClF2N3/c1-3-9-12(13)10(19(4-2)17-9)7-18(6-5-14)8-11(15)16/h11H,3-8H2,1-2H3. The average molecular weight is 359 g/mol. The zero-order valence-corrected chi connectivity index (χ0v) is 13.5. The smallest absolute Gasteiger partial charge is 0.251 e. The van der Waals surface area contributed by atoms with Gasteiger partial charge in [-0.2, -0.15) is 5.10 Å². The first-order valence-electron chi connectivity index (χ1n) is 6.33. The van der Waals surface area contributed by atoms with Crippen molar-refractivity contribution in [1.82, 2.24) is 14.7 Å². The van der Waals surface area contributed by atoms with Gasteiger partial charge in [0.1, 0.15) is 0 Å². The number of rotatable bonds is 8. The summed E-state index contributed by atoms with van der Waals surface area (Å²) in [6, 6.07) is 0. The maximum atomic E-state index is 12.5. The summed E-state index contributed by atoms with van der Waals surface area (Å²) in [5.74, 6) is 0.339. The predicted molar refractivity (Wildman–Crippen MR) is 77.0 cm³/mol. The Bertz CT molecular complexity index is 399. The molecule has 1 aromatic rings. The van der Waals surface area contributed by atoms with Crippen LogP contribution in [0.4, 0.5) is 8.78 Å². The highest BCUT2D eigenvalue weighted by Crippen LogP contribution is 2.24. The highest BCUT2D eigenvalue weighted by Gasteiger charge is 2.19. The highest BCUT2D eigenvalue weighted by molar-refractivity contribution is 9.10. The zero-order chi connectivity index (χ0) is 14.4. The fourth-order valence-electron chi connectivity index (χ4n) is 1.93. The van der Waals surface area contributed by atoms with E-state index in [1.807, 2.05) is 18.5 Å². The van der Waals surface area contributed by atoms with E-state index in [1.54, 1.807) is 4.90 Å². The number of hydrogen-bond donors (Lipinski definition) is 0. The second-order valence-corrected chi connectivity index (χ2v) is 5.36. The van der Waals surface area contributed by atoms with Crippen molar-refractivity contribution in [2.24, 2.45) is 0 Å². The Morgan fingerprint density at radius 3 is 2.58 bits per heavy atom. The van der Waals surface area contributed by atoms with Crippen LogP contribution in [0.25, 0.3) is 0 Å². The number of nitrogens with zero attached hydrogens (tertiary/aromatic N) is 3. The molecule has 0 saturated heterocycles. The van der Waals surface area contributed by atoms with Crippen molar-refractivity contribution >= 4 is 27.5 Å². The lowest BCUT2D eigenvalue weighted by Crippen LogP contribution is -2.31. The monoisotopic (exact) mass is 357 g/mol. The molecule has 0 aliphatic rings. The Hall–Kier alpha value is -0.200. The lowest BCUT2D eigenvalue weighted by atomic mass is 10.3. The van der Waals surface area contributed by atoms with Gasteiger partial charge in [-0.25, -0.2) is 8.78 Å². The van der Waals surface area contributed by atoms with Crippen LogP contribution in [-0.4, -0.2) is 40.1 Å². The largest absolute Gasteiger partial charge is 0.291 e. The molecule has 19 heavy (non-hydrogen) atoms. The summed E-state index contributed by atoms with van der Waals surface area (Å²) < 4.78 is 27.9. The molecular weight excluding hydrogens is 340 g/mol. The third-order valence-corrected chi connectivity index (χ3v) is 3.95. The summed E-state index contributed by atoms with van der Waals surface area (Å²) in [5, 5.41) is 4.46. The average Bonchev–Trinajstić information content (AvgIpc) is 2.66. The Balaban J connectivity index is 2.91. The third kappa shape index (κ3) is 4.68. The number of aryl methyl sites for hydroxylation is 2. The van der Waals surface area contributed by atoms with Crippen LogP contribution < -0.4 is 0 Å². The Morgan fingerprint density at radius 2 is 2.11 bits per heavy atom. The van der Waals surface area contributed by atoms with Crippen LogP contribution in [0.2, 0.25) is 0 Å². The van der Waals surface area contributed by atoms with Crippen LogP contribution in [0.3, 0.4) is 0 Å². The molecular formula is C12H19BrClF2N3. The van der Waals surface area contributed by atoms with Crippen molar-refractivity contribution in [2.45, 2.75) is 39.8 Å². The van der Waals surface area contributed by atoms with E-state index in [2.05, 4.69) is 21.0 Å². The number of hydrogen-bond acceptors (Lipinski definition) is 2. The van der Waals surface area contributed by atoms with Crippen LogP contribution in [0.1, 0.15) is 25.2 Å². The van der Waals surface area contributed by atoms with Crippen LogP contribution >= 0.6 is 27.5 Å². The number of alkyl halides is 3. The molecule has 0 aliphatic heterocycles. The molecule has 7 heteroatoms. The quantitative estimate of drug-likeness (QED) is 0.663. The van der Waals surface area contributed by atoms with Gasteiger partial charge in [-0.1, -0.05) is 6.92 Å². The zero-order valence-electron chi connectivity index (χ0n) is 11.2. The summed E-state index contributed by atoms with van der Waals surface area (Å²) in [7, 11) is 0. The Morgan fingerprint density at radius 1 is 1.42 bits per heavy atom. The molecule has 0 unspecified atom stereocenters. The Kier molecular flexibility index (Phi) is 7.25. The first kappa shape index (κ1) is 16.9. The van der Waals surface area contributed by atoms with E-state index in [0.29, 0.717) is 19.0 Å². The molecule has 0 atom stereocenters. The van der Waals surface area contributed by atoms with Gasteiger partial charge in [0.25, 0.3) is 6.43 Å². The van der Waals surface area contributed by atoms with Crippen LogP contribution in [0, 0.1) is 0 Å². The predicted octanol–water partition coefficient (Wildman–Crippen LogP) is 3.53. The molecule has 0 spiro atoms. The fourth-order valence-corrected chi connectivity index (χ4v) is 2.86. The molecule has 3 nitrogen and oxygen atoms in total. The molecule has 110 valence electrons. The molecule has 0 fully saturated rings. The van der Waals surface area contributed by atoms with Crippen molar-refractivity contribution in [3.8, 4) is 0 Å². The van der Waals surface area contributed by atoms with E-state index in [0.717, 1.165) is 28.8 Å². The van der Waals surface area contributed by atoms with Crippen molar-refractivity contribution in [1.29, 1.82) is 0 Å². The fraction of sp³-hybridized carbons (Fsp3) is 0.750. The highest BCUT2D eigenvalue weighted by atomic mass is 79.9. The summed E-state index contributed by atoms with van der Waals surface area (Å²) in [6.45, 7) is 5.33. The van der Waals surface area contributed by atoms with E-state index >= 15 is 0 Å². The van der Waals surface area contributed by atoms with Gasteiger partial charge >= 0.3 is 0 Å². The van der Waals surface area contributed by atoms with Gasteiger partial charge in [-0.3, -0.25) is 9.58 Å². The number of aromatic nitrogens is 2. The van der Waals surface area contributed by atoms with E-state index < -0.39 is 6.43 Å². The summed E-state index contributed by atoms with van der Waals surface area (Å²) in [6.07, 6.45) is -1.55. The normalized spacial score (nSPS) is 11.8. The van der Waals surface area contributed by atoms with E-state index in [9.17, 15) is 8.78 Å². The minimum atomic E-state index is -2.36. The van der Waals surface area contributed by atoms with Gasteiger partial charge in [0, 0.05) is 25.5 Å². The van der Waals surface area contributed by atoms with Crippen LogP contribution in [0.15, 0.2) is 4.47 Å². The van der Waals surface area contributed by atoms with Gasteiger partial charge in [0.15, 0.2) is 0 Å². The molecule has 0 N–H and O–H groups in total. The molecule has 0 amide bonds. The molecule has 1 rings (SSSR count). The Labute approximate surface area is 126 Å². The molecule has 0 aliphatic carbocycles. The maximum Gasteiger partial charge on any atom is 0.251 e. The molecule has 1 heterocycles. The van der Waals surface area contributed by atoms with Crippen molar-refractivity contribution in [3.63, 3.8) is 0 Å². The molecule has 1 aromatic heterocycles. The second kappa shape index (κ2) is 8.17. The lowest BCUT2D eigenvalue weighted by Gasteiger charge is -2.21. The lowest BCUT2D eigenvalue weighted by molar-refractivity contribution is 0.0864. The molecule has 0 aromatic carbocycles. The summed E-state index contributed by atoms with van der Waals surface area (Å²) >= 11 is 9.19. The first-order chi connectivity index (χ1) is 9.03. The minimum absolute atomic E-state index is 0.268. The van der Waals surface area contributed by atoms with E-state index in [-0.39, 0.29) is 6.54 Å². The van der Waals surface area contributed by atoms with Gasteiger partial charge in [0.2, 0.25) is 0 Å². The van der Waals surface area contributed by atoms with Gasteiger partial charge < -0.3 is 0 Å². The van der Waals surface area contributed by atoms with E-state index in [4.69, 9.17) is 11.6 Å². The van der Waals surface area contributed by atoms with Crippen molar-refractivity contribution < 1.29 is 8.78 Å². The van der Waals surface area contributed by atoms with Gasteiger partial charge in [0.05, 0.1) is 22.4 Å². The van der Waals surface area contributed by atoms with Crippen molar-refractivity contribution in [2.75, 3.05) is 19.0 Å². The van der Waals surface area contributed by atoms with E-state index in [1.165, 1.54) is 0 Å². The maximum absolute atomic E-state index is 12.5. The first-order valence-corrected chi connectivity index (χ1v) is 7.66. The third-order valence-electron chi connectivity index (χ3n) is 2.86. The van der Waals surface area contributed by atoms with Crippen LogP contribution in [-0.2, 0) is 19.5 Å². The topological polar surface area (TPSA) is 21.1 Å². The molecule has 0 saturated carbocycles.